The van der Waals surface area contributed by atoms with Gasteiger partial charge < -0.3 is 0 Å². The second kappa shape index (κ2) is 8.90. The number of hydrogen-bond acceptors (Lipinski definition) is 7. The van der Waals surface area contributed by atoms with Gasteiger partial charge in [0.1, 0.15) is 0 Å². The van der Waals surface area contributed by atoms with E-state index < -0.39 is 26.6 Å². The Kier molecular flexibility index (Phi) is 7.52. The molecule has 0 bridgehead atoms. The summed E-state index contributed by atoms with van der Waals surface area (Å²) in [6, 6.07) is 3.42. The Balaban J connectivity index is 3.00. The quantitative estimate of drug-likeness (QED) is 0.211. The van der Waals surface area contributed by atoms with Gasteiger partial charge in [-0.25, -0.2) is 0 Å². The van der Waals surface area contributed by atoms with Crippen LogP contribution in [-0.4, -0.2) is 41.0 Å². The van der Waals surface area contributed by atoms with Crippen LogP contribution in [0.25, 0.3) is 0 Å². The van der Waals surface area contributed by atoms with E-state index in [2.05, 4.69) is 12.6 Å². The summed E-state index contributed by atoms with van der Waals surface area (Å²) in [5.74, 6) is -0.964. The number of non-ortho nitro benzene ring substituents is 1. The summed E-state index contributed by atoms with van der Waals surface area (Å²) in [4.78, 5) is 34.4. The lowest BCUT2D eigenvalue weighted by molar-refractivity contribution is -0.384. The van der Waals surface area contributed by atoms with Crippen molar-refractivity contribution < 1.29 is 27.5 Å². The number of nitrogens with zero attached hydrogens (tertiary/aromatic N) is 1. The molecule has 24 heavy (non-hydrogen) atoms. The van der Waals surface area contributed by atoms with Crippen molar-refractivity contribution in [3.8, 4) is 0 Å². The van der Waals surface area contributed by atoms with Crippen LogP contribution in [0.3, 0.4) is 0 Å². The largest absolute Gasteiger partial charge is 0.294 e. The summed E-state index contributed by atoms with van der Waals surface area (Å²) < 4.78 is 29.9. The van der Waals surface area contributed by atoms with Crippen molar-refractivity contribution in [2.45, 2.75) is 25.7 Å². The van der Waals surface area contributed by atoms with Gasteiger partial charge >= 0.3 is 0 Å². The number of hydrogen-bond donors (Lipinski definition) is 2. The van der Waals surface area contributed by atoms with Gasteiger partial charge in [0.25, 0.3) is 15.8 Å². The molecular formula is C14H17NO7S2. The second-order valence-corrected chi connectivity index (χ2v) is 7.11. The van der Waals surface area contributed by atoms with Crippen LogP contribution in [0.15, 0.2) is 18.2 Å². The van der Waals surface area contributed by atoms with Crippen molar-refractivity contribution in [2.75, 3.05) is 11.5 Å². The molecule has 0 aliphatic carbocycles. The number of carbonyl (C=O) groups is 2. The summed E-state index contributed by atoms with van der Waals surface area (Å²) in [5, 5.41) is 11.0. The smallest absolute Gasteiger partial charge is 0.270 e. The fourth-order valence-corrected chi connectivity index (χ4v) is 2.65. The number of carbonyl (C=O) groups excluding carboxylic acids is 2. The molecule has 0 spiro atoms. The molecule has 1 aromatic rings. The molecule has 1 N–H and O–H groups in total. The molecule has 0 unspecified atom stereocenters. The monoisotopic (exact) mass is 375 g/mol. The summed E-state index contributed by atoms with van der Waals surface area (Å²) in [6.07, 6.45) is 0.317. The average molecular weight is 375 g/mol. The fraction of sp³-hybridized carbons (Fsp3) is 0.429. The number of thiol groups is 1. The first-order valence-electron chi connectivity index (χ1n) is 7.06. The number of benzene rings is 1. The van der Waals surface area contributed by atoms with Crippen LogP contribution in [0.5, 0.6) is 0 Å². The van der Waals surface area contributed by atoms with Crippen molar-refractivity contribution in [1.82, 2.24) is 0 Å². The highest BCUT2D eigenvalue weighted by molar-refractivity contribution is 7.85. The molecular weight excluding hydrogens is 358 g/mol. The van der Waals surface area contributed by atoms with Crippen LogP contribution in [0.4, 0.5) is 5.69 Å². The molecule has 8 nitrogen and oxygen atoms in total. The highest BCUT2D eigenvalue weighted by Gasteiger charge is 2.18. The highest BCUT2D eigenvalue weighted by Crippen LogP contribution is 2.20. The van der Waals surface area contributed by atoms with E-state index in [4.69, 9.17) is 4.55 Å². The lowest BCUT2D eigenvalue weighted by atomic mass is 9.99. The number of rotatable bonds is 10. The van der Waals surface area contributed by atoms with Gasteiger partial charge in [0, 0.05) is 36.1 Å². The molecule has 10 heteroatoms. The SMILES string of the molecule is O=C(CCCS)c1cc(C(=O)CCCS(=O)(=O)O)cc([N+](=O)[O-])c1. The molecule has 1 aromatic carbocycles. The van der Waals surface area contributed by atoms with E-state index in [1.807, 2.05) is 0 Å². The third kappa shape index (κ3) is 6.77. The van der Waals surface area contributed by atoms with Gasteiger partial charge in [-0.1, -0.05) is 0 Å². The minimum absolute atomic E-state index is 0.0336. The van der Waals surface area contributed by atoms with E-state index in [9.17, 15) is 28.1 Å². The van der Waals surface area contributed by atoms with E-state index in [0.717, 1.165) is 12.1 Å². The van der Waals surface area contributed by atoms with Crippen LogP contribution in [0.1, 0.15) is 46.4 Å². The summed E-state index contributed by atoms with van der Waals surface area (Å²) in [6.45, 7) is 0. The molecule has 0 amide bonds. The molecule has 0 saturated carbocycles. The molecule has 0 saturated heterocycles. The average Bonchev–Trinajstić information content (AvgIpc) is 2.50. The van der Waals surface area contributed by atoms with Gasteiger partial charge in [-0.15, -0.1) is 0 Å². The van der Waals surface area contributed by atoms with E-state index in [1.54, 1.807) is 0 Å². The van der Waals surface area contributed by atoms with Gasteiger partial charge in [-0.2, -0.15) is 21.0 Å². The first-order valence-corrected chi connectivity index (χ1v) is 9.30. The van der Waals surface area contributed by atoms with Crippen LogP contribution < -0.4 is 0 Å². The van der Waals surface area contributed by atoms with E-state index in [0.29, 0.717) is 12.2 Å². The predicted octanol–water partition coefficient (Wildman–Crippen LogP) is 2.34. The first kappa shape index (κ1) is 20.3. The predicted molar refractivity (Wildman–Crippen MR) is 90.5 cm³/mol. The fourth-order valence-electron chi connectivity index (χ4n) is 1.98. The van der Waals surface area contributed by atoms with Crippen LogP contribution >= 0.6 is 12.6 Å². The molecule has 0 aliphatic heterocycles. The topological polar surface area (TPSA) is 132 Å². The summed E-state index contributed by atoms with van der Waals surface area (Å²) >= 11 is 3.99. The van der Waals surface area contributed by atoms with Crippen molar-refractivity contribution in [1.29, 1.82) is 0 Å². The molecule has 0 fully saturated rings. The van der Waals surface area contributed by atoms with Gasteiger partial charge in [0.05, 0.1) is 10.7 Å². The normalized spacial score (nSPS) is 11.2. The molecule has 0 atom stereocenters. The Morgan fingerprint density at radius 2 is 1.58 bits per heavy atom. The van der Waals surface area contributed by atoms with Crippen LogP contribution in [-0.2, 0) is 10.1 Å². The van der Waals surface area contributed by atoms with Gasteiger partial charge in [-0.3, -0.25) is 24.3 Å². The lowest BCUT2D eigenvalue weighted by Crippen LogP contribution is -2.09. The van der Waals surface area contributed by atoms with Crippen molar-refractivity contribution in [3.05, 3.63) is 39.4 Å². The Bertz CT molecular complexity index is 743. The summed E-state index contributed by atoms with van der Waals surface area (Å²) in [5.41, 5.74) is -0.359. The maximum Gasteiger partial charge on any atom is 0.270 e. The molecule has 132 valence electrons. The number of Topliss-reactive ketones (excluding diaryl/α,β-unsaturated/α-hetero) is 2. The zero-order chi connectivity index (χ0) is 18.3. The standard InChI is InChI=1S/C14H17NO7S2/c16-13(3-1-5-23)10-7-11(9-12(8-10)15(18)19)14(17)4-2-6-24(20,21)22/h7-9,23H,1-6H2,(H,20,21,22). The third-order valence-electron chi connectivity index (χ3n) is 3.14. The van der Waals surface area contributed by atoms with Gasteiger partial charge in [0.15, 0.2) is 11.6 Å². The second-order valence-electron chi connectivity index (χ2n) is 5.09. The Labute approximate surface area is 144 Å². The van der Waals surface area contributed by atoms with Crippen LogP contribution in [0, 0.1) is 10.1 Å². The van der Waals surface area contributed by atoms with Crippen molar-refractivity contribution in [2.24, 2.45) is 0 Å². The first-order chi connectivity index (χ1) is 11.1. The van der Waals surface area contributed by atoms with Crippen molar-refractivity contribution in [3.63, 3.8) is 0 Å². The summed E-state index contributed by atoms with van der Waals surface area (Å²) in [7, 11) is -4.18. The van der Waals surface area contributed by atoms with Crippen molar-refractivity contribution >= 4 is 40.0 Å². The maximum absolute atomic E-state index is 12.1. The van der Waals surface area contributed by atoms with E-state index in [-0.39, 0.29) is 41.9 Å². The Hall–Kier alpha value is -1.78. The number of nitro benzene ring substituents is 1. The van der Waals surface area contributed by atoms with Crippen LogP contribution in [0.2, 0.25) is 0 Å². The minimum atomic E-state index is -4.18. The Morgan fingerprint density at radius 1 is 1.08 bits per heavy atom. The number of ketones is 2. The highest BCUT2D eigenvalue weighted by atomic mass is 32.2. The zero-order valence-corrected chi connectivity index (χ0v) is 14.4. The zero-order valence-electron chi connectivity index (χ0n) is 12.7. The third-order valence-corrected chi connectivity index (χ3v) is 4.26. The Morgan fingerprint density at radius 3 is 2.00 bits per heavy atom. The molecule has 0 aliphatic rings. The molecule has 0 aromatic heterocycles. The maximum atomic E-state index is 12.1. The van der Waals surface area contributed by atoms with Gasteiger partial charge in [0.2, 0.25) is 0 Å². The molecule has 0 heterocycles. The van der Waals surface area contributed by atoms with E-state index >= 15 is 0 Å². The van der Waals surface area contributed by atoms with Gasteiger partial charge in [-0.05, 0) is 24.7 Å². The lowest BCUT2D eigenvalue weighted by Gasteiger charge is -2.05. The van der Waals surface area contributed by atoms with E-state index in [1.165, 1.54) is 6.07 Å². The molecule has 0 radical (unpaired) electrons. The minimum Gasteiger partial charge on any atom is -0.294 e. The number of nitro groups is 1. The molecule has 1 rings (SSSR count).